The fraction of sp³-hybridized carbons (Fsp3) is 0.500. The summed E-state index contributed by atoms with van der Waals surface area (Å²) in [6.45, 7) is 4.28. The first-order chi connectivity index (χ1) is 4.11. The largest absolute Gasteiger partial charge is 0.281 e. The first kappa shape index (κ1) is 7.05. The van der Waals surface area contributed by atoms with Gasteiger partial charge >= 0.3 is 0 Å². The maximum Gasteiger partial charge on any atom is 0.0580 e. The fourth-order valence-corrected chi connectivity index (χ4v) is 0.887. The van der Waals surface area contributed by atoms with Crippen LogP contribution in [-0.4, -0.2) is 10.2 Å². The zero-order valence-corrected chi connectivity index (χ0v) is 7.64. The van der Waals surface area contributed by atoms with Crippen LogP contribution in [0.2, 0.25) is 0 Å². The number of halogens is 1. The van der Waals surface area contributed by atoms with Crippen molar-refractivity contribution in [3.05, 3.63) is 18.0 Å². The topological polar surface area (TPSA) is 28.7 Å². The monoisotopic (exact) mass is 236 g/mol. The first-order valence-corrected chi connectivity index (χ1v) is 3.87. The summed E-state index contributed by atoms with van der Waals surface area (Å²) in [5, 5.41) is 6.78. The van der Waals surface area contributed by atoms with Crippen LogP contribution in [0.5, 0.6) is 0 Å². The highest BCUT2D eigenvalue weighted by molar-refractivity contribution is 14.1. The zero-order valence-electron chi connectivity index (χ0n) is 5.48. The van der Waals surface area contributed by atoms with Crippen LogP contribution in [0.3, 0.4) is 0 Å². The second-order valence-corrected chi connectivity index (χ2v) is 5.14. The summed E-state index contributed by atoms with van der Waals surface area (Å²) in [5.74, 6) is 0. The van der Waals surface area contributed by atoms with Gasteiger partial charge in [-0.2, -0.15) is 5.10 Å². The molecule has 1 aromatic rings. The molecule has 1 N–H and O–H groups in total. The number of nitrogens with one attached hydrogen (secondary N) is 1. The molecule has 2 nitrogen and oxygen atoms in total. The third-order valence-electron chi connectivity index (χ3n) is 1.14. The molecule has 0 aliphatic heterocycles. The van der Waals surface area contributed by atoms with Crippen molar-refractivity contribution in [2.24, 2.45) is 0 Å². The smallest absolute Gasteiger partial charge is 0.0580 e. The molecule has 0 amide bonds. The highest BCUT2D eigenvalue weighted by Crippen LogP contribution is 2.27. The average molecular weight is 236 g/mol. The Morgan fingerprint density at radius 1 is 1.67 bits per heavy atom. The maximum atomic E-state index is 3.86. The molecule has 0 atom stereocenters. The van der Waals surface area contributed by atoms with Gasteiger partial charge < -0.3 is 0 Å². The lowest BCUT2D eigenvalue weighted by Crippen LogP contribution is -2.06. The van der Waals surface area contributed by atoms with E-state index < -0.39 is 0 Å². The minimum atomic E-state index is 0.175. The molecule has 0 saturated carbocycles. The molecule has 1 heterocycles. The van der Waals surface area contributed by atoms with Gasteiger partial charge in [-0.3, -0.25) is 5.10 Å². The number of hydrogen-bond acceptors (Lipinski definition) is 1. The Bertz CT molecular complexity index is 173. The maximum absolute atomic E-state index is 3.86. The summed E-state index contributed by atoms with van der Waals surface area (Å²) in [7, 11) is 0. The second-order valence-electron chi connectivity index (χ2n) is 2.44. The van der Waals surface area contributed by atoms with Crippen molar-refractivity contribution >= 4 is 22.6 Å². The second kappa shape index (κ2) is 2.28. The summed E-state index contributed by atoms with van der Waals surface area (Å²) in [6, 6.07) is 1.99. The van der Waals surface area contributed by atoms with Crippen LogP contribution >= 0.6 is 22.6 Å². The Balaban J connectivity index is 2.90. The molecule has 9 heavy (non-hydrogen) atoms. The number of aromatic nitrogens is 2. The Labute approximate surface area is 68.2 Å². The van der Waals surface area contributed by atoms with Crippen molar-refractivity contribution in [3.63, 3.8) is 0 Å². The molecule has 0 aliphatic rings. The molecule has 0 spiro atoms. The van der Waals surface area contributed by atoms with Gasteiger partial charge in [0.2, 0.25) is 0 Å². The lowest BCUT2D eigenvalue weighted by molar-refractivity contribution is 0.777. The SMILES string of the molecule is CC(C)(I)c1ccn[nH]1. The lowest BCUT2D eigenvalue weighted by Gasteiger charge is -2.11. The van der Waals surface area contributed by atoms with Crippen molar-refractivity contribution in [1.29, 1.82) is 0 Å². The van der Waals surface area contributed by atoms with Gasteiger partial charge in [0.1, 0.15) is 0 Å². The number of rotatable bonds is 1. The molecule has 0 fully saturated rings. The van der Waals surface area contributed by atoms with Gasteiger partial charge in [0.25, 0.3) is 0 Å². The number of hydrogen-bond donors (Lipinski definition) is 1. The van der Waals surface area contributed by atoms with Gasteiger partial charge in [-0.05, 0) is 19.9 Å². The normalized spacial score (nSPS) is 11.9. The third-order valence-corrected chi connectivity index (χ3v) is 1.72. The summed E-state index contributed by atoms with van der Waals surface area (Å²) in [5.41, 5.74) is 1.17. The van der Waals surface area contributed by atoms with Crippen LogP contribution in [0.4, 0.5) is 0 Å². The van der Waals surface area contributed by atoms with Crippen LogP contribution in [0.15, 0.2) is 12.3 Å². The Kier molecular flexibility index (Phi) is 1.79. The van der Waals surface area contributed by atoms with E-state index in [-0.39, 0.29) is 3.42 Å². The average Bonchev–Trinajstić information content (AvgIpc) is 2.08. The van der Waals surface area contributed by atoms with Crippen LogP contribution in [0, 0.1) is 0 Å². The van der Waals surface area contributed by atoms with E-state index in [0.29, 0.717) is 0 Å². The van der Waals surface area contributed by atoms with Crippen LogP contribution in [-0.2, 0) is 3.42 Å². The van der Waals surface area contributed by atoms with Crippen molar-refractivity contribution < 1.29 is 0 Å². The standard InChI is InChI=1S/C6H9IN2/c1-6(2,7)5-3-4-8-9-5/h3-4H,1-2H3,(H,8,9). The van der Waals surface area contributed by atoms with E-state index in [4.69, 9.17) is 0 Å². The summed E-state index contributed by atoms with van der Waals surface area (Å²) in [6.07, 6.45) is 1.77. The molecule has 0 aliphatic carbocycles. The molecule has 1 aromatic heterocycles. The van der Waals surface area contributed by atoms with Crippen LogP contribution in [0.1, 0.15) is 19.5 Å². The van der Waals surface area contributed by atoms with Crippen LogP contribution in [0.25, 0.3) is 0 Å². The molecule has 0 unspecified atom stereocenters. The summed E-state index contributed by atoms with van der Waals surface area (Å²) in [4.78, 5) is 0. The minimum Gasteiger partial charge on any atom is -0.281 e. The molecular weight excluding hydrogens is 227 g/mol. The van der Waals surface area contributed by atoms with Crippen molar-refractivity contribution in [3.8, 4) is 0 Å². The van der Waals surface area contributed by atoms with Gasteiger partial charge in [0, 0.05) is 6.20 Å². The van der Waals surface area contributed by atoms with E-state index in [0.717, 1.165) is 0 Å². The summed E-state index contributed by atoms with van der Waals surface area (Å²) >= 11 is 2.37. The highest BCUT2D eigenvalue weighted by atomic mass is 127. The molecule has 0 saturated heterocycles. The molecule has 0 aromatic carbocycles. The van der Waals surface area contributed by atoms with Crippen molar-refractivity contribution in [2.45, 2.75) is 17.3 Å². The zero-order chi connectivity index (χ0) is 6.91. The number of nitrogens with zero attached hydrogens (tertiary/aromatic N) is 1. The Morgan fingerprint density at radius 3 is 2.56 bits per heavy atom. The Hall–Kier alpha value is -0.0600. The minimum absolute atomic E-state index is 0.175. The molecule has 1 rings (SSSR count). The lowest BCUT2D eigenvalue weighted by atomic mass is 10.1. The predicted molar refractivity (Wildman–Crippen MR) is 45.6 cm³/mol. The molecule has 50 valence electrons. The molecule has 0 radical (unpaired) electrons. The van der Waals surface area contributed by atoms with Crippen molar-refractivity contribution in [1.82, 2.24) is 10.2 Å². The number of aromatic amines is 1. The fourth-order valence-electron chi connectivity index (χ4n) is 0.587. The van der Waals surface area contributed by atoms with Crippen molar-refractivity contribution in [2.75, 3.05) is 0 Å². The third kappa shape index (κ3) is 1.67. The number of H-pyrrole nitrogens is 1. The molecule has 0 bridgehead atoms. The summed E-state index contributed by atoms with van der Waals surface area (Å²) < 4.78 is 0.175. The van der Waals surface area contributed by atoms with Gasteiger partial charge in [-0.25, -0.2) is 0 Å². The molecular formula is C6H9IN2. The predicted octanol–water partition coefficient (Wildman–Crippen LogP) is 2.08. The Morgan fingerprint density at radius 2 is 2.33 bits per heavy atom. The van der Waals surface area contributed by atoms with Gasteiger partial charge in [0.05, 0.1) is 9.12 Å². The highest BCUT2D eigenvalue weighted by Gasteiger charge is 2.15. The van der Waals surface area contributed by atoms with Gasteiger partial charge in [-0.1, -0.05) is 22.6 Å². The quantitative estimate of drug-likeness (QED) is 0.586. The number of alkyl halides is 1. The first-order valence-electron chi connectivity index (χ1n) is 2.79. The van der Waals surface area contributed by atoms with Crippen LogP contribution < -0.4 is 0 Å². The van der Waals surface area contributed by atoms with Gasteiger partial charge in [0.15, 0.2) is 0 Å². The molecule has 3 heteroatoms. The van der Waals surface area contributed by atoms with E-state index in [2.05, 4.69) is 46.6 Å². The van der Waals surface area contributed by atoms with Gasteiger partial charge in [-0.15, -0.1) is 0 Å². The van der Waals surface area contributed by atoms with E-state index >= 15 is 0 Å². The van der Waals surface area contributed by atoms with E-state index in [1.165, 1.54) is 5.69 Å². The van der Waals surface area contributed by atoms with E-state index in [1.54, 1.807) is 6.20 Å². The van der Waals surface area contributed by atoms with E-state index in [1.807, 2.05) is 6.07 Å². The van der Waals surface area contributed by atoms with E-state index in [9.17, 15) is 0 Å².